The predicted octanol–water partition coefficient (Wildman–Crippen LogP) is 2.76. The van der Waals surface area contributed by atoms with E-state index in [1.165, 1.54) is 0 Å². The Bertz CT molecular complexity index is 904. The van der Waals surface area contributed by atoms with Crippen LogP contribution in [0.5, 0.6) is 0 Å². The maximum Gasteiger partial charge on any atom is 0.115 e. The first-order valence-electron chi connectivity index (χ1n) is 7.38. The van der Waals surface area contributed by atoms with Gasteiger partial charge in [-0.25, -0.2) is 4.68 Å². The molecule has 0 aliphatic carbocycles. The molecule has 0 saturated carbocycles. The Kier molecular flexibility index (Phi) is 3.66. The summed E-state index contributed by atoms with van der Waals surface area (Å²) in [7, 11) is 0. The van der Waals surface area contributed by atoms with E-state index in [1.807, 2.05) is 30.5 Å². The average molecular weight is 337 g/mol. The molecule has 7 heteroatoms. The van der Waals surface area contributed by atoms with Crippen LogP contribution in [-0.4, -0.2) is 32.2 Å². The van der Waals surface area contributed by atoms with Crippen LogP contribution in [-0.2, 0) is 11.3 Å². The van der Waals surface area contributed by atoms with E-state index in [9.17, 15) is 0 Å². The summed E-state index contributed by atoms with van der Waals surface area (Å²) in [6.45, 7) is 0. The predicted molar refractivity (Wildman–Crippen MR) is 92.9 cm³/mol. The van der Waals surface area contributed by atoms with E-state index in [2.05, 4.69) is 25.3 Å². The van der Waals surface area contributed by atoms with E-state index in [0.29, 0.717) is 5.88 Å². The van der Waals surface area contributed by atoms with E-state index in [1.54, 1.807) is 41.9 Å². The van der Waals surface area contributed by atoms with Gasteiger partial charge in [0.15, 0.2) is 0 Å². The maximum atomic E-state index is 5.90. The molecule has 4 rings (SSSR count). The zero-order chi connectivity index (χ0) is 16.4. The van der Waals surface area contributed by atoms with Gasteiger partial charge in [-0.2, -0.15) is 15.3 Å². The number of hydrogen-bond donors (Lipinski definition) is 0. The maximum absolute atomic E-state index is 5.90. The Morgan fingerprint density at radius 3 is 2.58 bits per heavy atom. The highest BCUT2D eigenvalue weighted by Crippen LogP contribution is 2.33. The molecular weight excluding hydrogens is 324 g/mol. The third kappa shape index (κ3) is 2.32. The molecule has 6 nitrogen and oxygen atoms in total. The number of pyridine rings is 2. The summed E-state index contributed by atoms with van der Waals surface area (Å²) in [5.41, 5.74) is 2.85. The molecule has 0 bridgehead atoms. The lowest BCUT2D eigenvalue weighted by atomic mass is 9.79. The molecule has 0 fully saturated rings. The topological polar surface area (TPSA) is 68.3 Å². The molecular formula is C17H13ClN6. The third-order valence-electron chi connectivity index (χ3n) is 3.94. The van der Waals surface area contributed by atoms with Crippen molar-refractivity contribution < 1.29 is 0 Å². The van der Waals surface area contributed by atoms with Crippen molar-refractivity contribution in [1.29, 1.82) is 0 Å². The van der Waals surface area contributed by atoms with Crippen LogP contribution in [0.15, 0.2) is 65.5 Å². The van der Waals surface area contributed by atoms with Gasteiger partial charge in [0.25, 0.3) is 0 Å². The molecule has 0 unspecified atom stereocenters. The Morgan fingerprint density at radius 1 is 1.04 bits per heavy atom. The van der Waals surface area contributed by atoms with Gasteiger partial charge in [0, 0.05) is 42.8 Å². The van der Waals surface area contributed by atoms with E-state index >= 15 is 0 Å². The highest BCUT2D eigenvalue weighted by molar-refractivity contribution is 6.17. The van der Waals surface area contributed by atoms with Crippen molar-refractivity contribution in [3.05, 3.63) is 72.1 Å². The van der Waals surface area contributed by atoms with Crippen LogP contribution in [0.4, 0.5) is 0 Å². The van der Waals surface area contributed by atoms with Crippen LogP contribution in [0.2, 0.25) is 0 Å². The molecule has 0 atom stereocenters. The second kappa shape index (κ2) is 5.98. The average Bonchev–Trinajstić information content (AvgIpc) is 3.33. The third-order valence-corrected chi connectivity index (χ3v) is 4.25. The number of nitrogens with zero attached hydrogens (tertiary/aromatic N) is 6. The molecule has 0 radical (unpaired) electrons. The van der Waals surface area contributed by atoms with Crippen molar-refractivity contribution >= 4 is 24.0 Å². The van der Waals surface area contributed by atoms with Crippen LogP contribution in [0.1, 0.15) is 16.8 Å². The molecule has 0 saturated heterocycles. The van der Waals surface area contributed by atoms with Crippen LogP contribution in [0.25, 0.3) is 5.69 Å². The molecule has 0 aromatic carbocycles. The molecule has 118 valence electrons. The fraction of sp³-hybridized carbons (Fsp3) is 0.118. The minimum atomic E-state index is -0.669. The van der Waals surface area contributed by atoms with Crippen molar-refractivity contribution in [1.82, 2.24) is 19.7 Å². The largest absolute Gasteiger partial charge is 0.264 e. The molecule has 24 heavy (non-hydrogen) atoms. The lowest BCUT2D eigenvalue weighted by molar-refractivity contribution is 0.815. The first kappa shape index (κ1) is 14.7. The number of aromatic nitrogens is 4. The van der Waals surface area contributed by atoms with Gasteiger partial charge >= 0.3 is 0 Å². The van der Waals surface area contributed by atoms with Crippen molar-refractivity contribution in [3.8, 4) is 5.69 Å². The van der Waals surface area contributed by atoms with Crippen LogP contribution in [0.3, 0.4) is 0 Å². The standard InChI is InChI=1S/C17H13ClN6/c18-7-13-8-23-24(10-13)15-4-2-6-20-16(15)17(11-21-22-12-17)14-3-1-5-19-9-14/h1-6,8-12H,7H2. The Labute approximate surface area is 143 Å². The molecule has 1 aliphatic heterocycles. The molecule has 0 N–H and O–H groups in total. The quantitative estimate of drug-likeness (QED) is 0.688. The highest BCUT2D eigenvalue weighted by Gasteiger charge is 2.38. The van der Waals surface area contributed by atoms with E-state index < -0.39 is 5.41 Å². The number of hydrogen-bond acceptors (Lipinski definition) is 5. The minimum absolute atomic E-state index is 0.409. The van der Waals surface area contributed by atoms with E-state index in [-0.39, 0.29) is 0 Å². The van der Waals surface area contributed by atoms with Crippen molar-refractivity contribution in [2.45, 2.75) is 11.3 Å². The molecule has 0 amide bonds. The van der Waals surface area contributed by atoms with Crippen molar-refractivity contribution in [2.24, 2.45) is 10.2 Å². The number of rotatable bonds is 4. The van der Waals surface area contributed by atoms with Gasteiger partial charge in [0.2, 0.25) is 0 Å². The molecule has 0 spiro atoms. The van der Waals surface area contributed by atoms with E-state index in [0.717, 1.165) is 22.5 Å². The summed E-state index contributed by atoms with van der Waals surface area (Å²) in [5.74, 6) is 0.409. The molecule has 3 aromatic rings. The summed E-state index contributed by atoms with van der Waals surface area (Å²) < 4.78 is 1.78. The SMILES string of the molecule is ClCc1cnn(-c2cccnc2C2(c3cccnc3)C=NN=C2)c1. The summed E-state index contributed by atoms with van der Waals surface area (Å²) in [5, 5.41) is 12.5. The second-order valence-electron chi connectivity index (χ2n) is 5.40. The zero-order valence-electron chi connectivity index (χ0n) is 12.6. The monoisotopic (exact) mass is 336 g/mol. The fourth-order valence-electron chi connectivity index (χ4n) is 2.76. The fourth-order valence-corrected chi connectivity index (χ4v) is 2.90. The van der Waals surface area contributed by atoms with Crippen molar-refractivity contribution in [2.75, 3.05) is 0 Å². The van der Waals surface area contributed by atoms with Crippen LogP contribution >= 0.6 is 11.6 Å². The van der Waals surface area contributed by atoms with Gasteiger partial charge in [-0.15, -0.1) is 11.6 Å². The smallest absolute Gasteiger partial charge is 0.115 e. The summed E-state index contributed by atoms with van der Waals surface area (Å²) >= 11 is 5.90. The molecule has 3 aromatic heterocycles. The first-order valence-corrected chi connectivity index (χ1v) is 7.91. The lowest BCUT2D eigenvalue weighted by Gasteiger charge is -2.24. The van der Waals surface area contributed by atoms with Gasteiger partial charge < -0.3 is 0 Å². The van der Waals surface area contributed by atoms with Gasteiger partial charge in [0.1, 0.15) is 5.41 Å². The summed E-state index contributed by atoms with van der Waals surface area (Å²) in [4.78, 5) is 8.85. The van der Waals surface area contributed by atoms with Crippen LogP contribution in [0, 0.1) is 0 Å². The minimum Gasteiger partial charge on any atom is -0.264 e. The Morgan fingerprint density at radius 2 is 1.88 bits per heavy atom. The normalized spacial score (nSPS) is 15.0. The molecule has 1 aliphatic rings. The zero-order valence-corrected chi connectivity index (χ0v) is 13.4. The van der Waals surface area contributed by atoms with E-state index in [4.69, 9.17) is 11.6 Å². The van der Waals surface area contributed by atoms with Gasteiger partial charge in [-0.1, -0.05) is 6.07 Å². The summed E-state index contributed by atoms with van der Waals surface area (Å²) in [6, 6.07) is 7.72. The number of alkyl halides is 1. The summed E-state index contributed by atoms with van der Waals surface area (Å²) in [6.07, 6.45) is 12.5. The Balaban J connectivity index is 1.92. The van der Waals surface area contributed by atoms with Gasteiger partial charge in [-0.3, -0.25) is 9.97 Å². The van der Waals surface area contributed by atoms with Gasteiger partial charge in [0.05, 0.1) is 23.5 Å². The molecule has 4 heterocycles. The lowest BCUT2D eigenvalue weighted by Crippen LogP contribution is -2.32. The number of halogens is 1. The second-order valence-corrected chi connectivity index (χ2v) is 5.67. The van der Waals surface area contributed by atoms with Crippen molar-refractivity contribution in [3.63, 3.8) is 0 Å². The van der Waals surface area contributed by atoms with Crippen LogP contribution < -0.4 is 0 Å². The highest BCUT2D eigenvalue weighted by atomic mass is 35.5. The van der Waals surface area contributed by atoms with Gasteiger partial charge in [-0.05, 0) is 23.8 Å². The first-order chi connectivity index (χ1) is 11.8. The Hall–Kier alpha value is -2.86.